The average molecular weight is 412 g/mol. The first-order valence-electron chi connectivity index (χ1n) is 7.71. The van der Waals surface area contributed by atoms with Crippen LogP contribution in [-0.4, -0.2) is 40.8 Å². The molecule has 1 aliphatic heterocycles. The Bertz CT molecular complexity index is 781. The van der Waals surface area contributed by atoms with Gasteiger partial charge in [0.1, 0.15) is 0 Å². The van der Waals surface area contributed by atoms with Crippen molar-refractivity contribution in [3.63, 3.8) is 0 Å². The first kappa shape index (κ1) is 17.3. The molecule has 2 heterocycles. The summed E-state index contributed by atoms with van der Waals surface area (Å²) >= 11 is 8.72. The number of ether oxygens (including phenoxy) is 1. The van der Waals surface area contributed by atoms with E-state index in [-0.39, 0.29) is 11.9 Å². The van der Waals surface area contributed by atoms with E-state index in [1.807, 2.05) is 24.3 Å². The molecular formula is C16H18BrN3O3S. The minimum Gasteiger partial charge on any atom is -0.469 e. The highest BCUT2D eigenvalue weighted by Crippen LogP contribution is 2.23. The Morgan fingerprint density at radius 1 is 1.46 bits per heavy atom. The second kappa shape index (κ2) is 7.58. The number of likely N-dealkylation sites (tertiary alicyclic amines) is 1. The normalized spacial score (nSPS) is 16.2. The van der Waals surface area contributed by atoms with E-state index in [1.54, 1.807) is 4.68 Å². The molecule has 1 fully saturated rings. The number of carbonyl (C=O) groups is 1. The van der Waals surface area contributed by atoms with E-state index in [4.69, 9.17) is 21.4 Å². The summed E-state index contributed by atoms with van der Waals surface area (Å²) in [5, 5.41) is 4.48. The third kappa shape index (κ3) is 3.93. The van der Waals surface area contributed by atoms with Crippen LogP contribution in [0, 0.1) is 10.8 Å². The molecule has 8 heteroatoms. The van der Waals surface area contributed by atoms with Gasteiger partial charge in [-0.05, 0) is 43.3 Å². The fourth-order valence-electron chi connectivity index (χ4n) is 2.80. The standard InChI is InChI=1S/C16H18BrN3O3S/c1-22-15(21)11-5-7-19(8-6-11)10-20-16(24)23-14(18-20)12-3-2-4-13(17)9-12/h2-4,9,11H,5-8,10H2,1H3. The predicted molar refractivity (Wildman–Crippen MR) is 94.8 cm³/mol. The van der Waals surface area contributed by atoms with Gasteiger partial charge in [-0.1, -0.05) is 22.0 Å². The molecular weight excluding hydrogens is 394 g/mol. The van der Waals surface area contributed by atoms with Crippen LogP contribution in [-0.2, 0) is 16.2 Å². The van der Waals surface area contributed by atoms with E-state index in [1.165, 1.54) is 7.11 Å². The summed E-state index contributed by atoms with van der Waals surface area (Å²) < 4.78 is 13.1. The molecule has 1 aromatic heterocycles. The van der Waals surface area contributed by atoms with Crippen molar-refractivity contribution in [3.8, 4) is 11.5 Å². The third-order valence-electron chi connectivity index (χ3n) is 4.13. The molecule has 0 N–H and O–H groups in total. The van der Waals surface area contributed by atoms with Crippen molar-refractivity contribution in [1.29, 1.82) is 0 Å². The Morgan fingerprint density at radius 3 is 2.88 bits per heavy atom. The highest BCUT2D eigenvalue weighted by molar-refractivity contribution is 9.10. The first-order chi connectivity index (χ1) is 11.6. The molecule has 0 unspecified atom stereocenters. The summed E-state index contributed by atoms with van der Waals surface area (Å²) in [7, 11) is 1.44. The Hall–Kier alpha value is -1.51. The van der Waals surface area contributed by atoms with Gasteiger partial charge >= 0.3 is 5.97 Å². The van der Waals surface area contributed by atoms with Gasteiger partial charge < -0.3 is 9.15 Å². The van der Waals surface area contributed by atoms with Gasteiger partial charge in [-0.2, -0.15) is 0 Å². The van der Waals surface area contributed by atoms with E-state index in [0.717, 1.165) is 36.0 Å². The van der Waals surface area contributed by atoms with E-state index in [9.17, 15) is 4.79 Å². The van der Waals surface area contributed by atoms with Crippen LogP contribution in [0.15, 0.2) is 33.2 Å². The van der Waals surface area contributed by atoms with Crippen LogP contribution in [0.1, 0.15) is 12.8 Å². The largest absolute Gasteiger partial charge is 0.469 e. The fraction of sp³-hybridized carbons (Fsp3) is 0.438. The van der Waals surface area contributed by atoms with Crippen LogP contribution in [0.3, 0.4) is 0 Å². The lowest BCUT2D eigenvalue weighted by Gasteiger charge is -2.29. The van der Waals surface area contributed by atoms with Gasteiger partial charge in [0.15, 0.2) is 0 Å². The molecule has 0 amide bonds. The molecule has 1 aliphatic rings. The number of esters is 1. The number of methoxy groups -OCH3 is 1. The molecule has 0 atom stereocenters. The average Bonchev–Trinajstić information content (AvgIpc) is 2.96. The number of rotatable bonds is 4. The Morgan fingerprint density at radius 2 is 2.21 bits per heavy atom. The quantitative estimate of drug-likeness (QED) is 0.566. The summed E-state index contributed by atoms with van der Waals surface area (Å²) in [6.45, 7) is 2.17. The number of aromatic nitrogens is 2. The van der Waals surface area contributed by atoms with Crippen molar-refractivity contribution in [2.75, 3.05) is 20.2 Å². The first-order valence-corrected chi connectivity index (χ1v) is 8.91. The SMILES string of the molecule is COC(=O)C1CCN(Cn2nc(-c3cccc(Br)c3)oc2=S)CC1. The second-order valence-corrected chi connectivity index (χ2v) is 7.00. The van der Waals surface area contributed by atoms with Crippen molar-refractivity contribution in [1.82, 2.24) is 14.7 Å². The zero-order chi connectivity index (χ0) is 17.1. The van der Waals surface area contributed by atoms with Crippen molar-refractivity contribution >= 4 is 34.1 Å². The van der Waals surface area contributed by atoms with Crippen LogP contribution in [0.4, 0.5) is 0 Å². The number of nitrogens with zero attached hydrogens (tertiary/aromatic N) is 3. The van der Waals surface area contributed by atoms with Crippen LogP contribution in [0.2, 0.25) is 0 Å². The molecule has 2 aromatic rings. The van der Waals surface area contributed by atoms with Crippen LogP contribution in [0.25, 0.3) is 11.5 Å². The number of piperidine rings is 1. The lowest BCUT2D eigenvalue weighted by Crippen LogP contribution is -2.38. The summed E-state index contributed by atoms with van der Waals surface area (Å²) in [4.78, 5) is 14.1. The minimum atomic E-state index is -0.121. The molecule has 0 radical (unpaired) electrons. The smallest absolute Gasteiger partial charge is 0.308 e. The molecule has 3 rings (SSSR count). The van der Waals surface area contributed by atoms with E-state index >= 15 is 0 Å². The zero-order valence-corrected chi connectivity index (χ0v) is 15.7. The van der Waals surface area contributed by atoms with Crippen molar-refractivity contribution in [2.24, 2.45) is 5.92 Å². The Kier molecular flexibility index (Phi) is 5.47. The molecule has 1 aromatic carbocycles. The lowest BCUT2D eigenvalue weighted by molar-refractivity contribution is -0.147. The van der Waals surface area contributed by atoms with Crippen molar-refractivity contribution in [2.45, 2.75) is 19.5 Å². The molecule has 0 saturated carbocycles. The van der Waals surface area contributed by atoms with E-state index in [2.05, 4.69) is 25.9 Å². The van der Waals surface area contributed by atoms with E-state index < -0.39 is 0 Å². The zero-order valence-electron chi connectivity index (χ0n) is 13.3. The molecule has 1 saturated heterocycles. The summed E-state index contributed by atoms with van der Waals surface area (Å²) in [6, 6.07) is 7.74. The summed E-state index contributed by atoms with van der Waals surface area (Å²) in [5.74, 6) is 0.379. The van der Waals surface area contributed by atoms with Crippen molar-refractivity contribution in [3.05, 3.63) is 33.6 Å². The van der Waals surface area contributed by atoms with Gasteiger partial charge in [-0.3, -0.25) is 9.69 Å². The lowest BCUT2D eigenvalue weighted by atomic mass is 9.97. The predicted octanol–water partition coefficient (Wildman–Crippen LogP) is 3.48. The Labute approximate surface area is 153 Å². The highest BCUT2D eigenvalue weighted by atomic mass is 79.9. The molecule has 6 nitrogen and oxygen atoms in total. The number of hydrogen-bond acceptors (Lipinski definition) is 6. The van der Waals surface area contributed by atoms with Crippen molar-refractivity contribution < 1.29 is 13.9 Å². The number of carbonyl (C=O) groups excluding carboxylic acids is 1. The maximum atomic E-state index is 11.6. The third-order valence-corrected chi connectivity index (χ3v) is 4.92. The number of benzene rings is 1. The van der Waals surface area contributed by atoms with Gasteiger partial charge in [0, 0.05) is 23.1 Å². The van der Waals surface area contributed by atoms with Crippen LogP contribution >= 0.6 is 28.1 Å². The molecule has 0 aliphatic carbocycles. The van der Waals surface area contributed by atoms with E-state index in [0.29, 0.717) is 17.4 Å². The fourth-order valence-corrected chi connectivity index (χ4v) is 3.38. The van der Waals surface area contributed by atoms with Gasteiger partial charge in [-0.25, -0.2) is 4.68 Å². The summed E-state index contributed by atoms with van der Waals surface area (Å²) in [6.07, 6.45) is 1.58. The second-order valence-electron chi connectivity index (χ2n) is 5.74. The monoisotopic (exact) mass is 411 g/mol. The van der Waals surface area contributed by atoms with Gasteiger partial charge in [-0.15, -0.1) is 5.10 Å². The van der Waals surface area contributed by atoms with Crippen LogP contribution < -0.4 is 0 Å². The Balaban J connectivity index is 1.67. The van der Waals surface area contributed by atoms with Gasteiger partial charge in [0.05, 0.1) is 19.7 Å². The van der Waals surface area contributed by atoms with Crippen LogP contribution in [0.5, 0.6) is 0 Å². The molecule has 0 bridgehead atoms. The maximum absolute atomic E-state index is 11.6. The van der Waals surface area contributed by atoms with Gasteiger partial charge in [0.25, 0.3) is 4.84 Å². The molecule has 24 heavy (non-hydrogen) atoms. The topological polar surface area (TPSA) is 60.5 Å². The number of halogens is 1. The minimum absolute atomic E-state index is 0.00578. The summed E-state index contributed by atoms with van der Waals surface area (Å²) in [5.41, 5.74) is 0.874. The molecule has 0 spiro atoms. The highest BCUT2D eigenvalue weighted by Gasteiger charge is 2.26. The maximum Gasteiger partial charge on any atom is 0.308 e. The number of hydrogen-bond donors (Lipinski definition) is 0. The van der Waals surface area contributed by atoms with Gasteiger partial charge in [0.2, 0.25) is 5.89 Å². The molecule has 128 valence electrons.